The molecule has 0 unspecified atom stereocenters. The lowest BCUT2D eigenvalue weighted by atomic mass is 9.88. The monoisotopic (exact) mass is 308 g/mol. The zero-order valence-electron chi connectivity index (χ0n) is 11.3. The average Bonchev–Trinajstić information content (AvgIpc) is 3.13. The highest BCUT2D eigenvalue weighted by Crippen LogP contribution is 2.40. The van der Waals surface area contributed by atoms with E-state index in [4.69, 9.17) is 0 Å². The van der Waals surface area contributed by atoms with Gasteiger partial charge in [0.2, 0.25) is 0 Å². The molecule has 0 spiro atoms. The van der Waals surface area contributed by atoms with Crippen LogP contribution in [0.5, 0.6) is 0 Å². The first-order valence-electron chi connectivity index (χ1n) is 6.60. The Kier molecular flexibility index (Phi) is 3.52. The van der Waals surface area contributed by atoms with Crippen LogP contribution in [0.4, 0.5) is 17.6 Å². The van der Waals surface area contributed by atoms with E-state index in [9.17, 15) is 17.6 Å². The molecule has 2 aromatic heterocycles. The minimum absolute atomic E-state index is 0.389. The fourth-order valence-electron chi connectivity index (χ4n) is 2.60. The highest BCUT2D eigenvalue weighted by molar-refractivity contribution is 5.44. The van der Waals surface area contributed by atoms with Crippen molar-refractivity contribution in [1.29, 1.82) is 0 Å². The lowest BCUT2D eigenvalue weighted by Gasteiger charge is -2.21. The van der Waals surface area contributed by atoms with Crippen molar-refractivity contribution in [2.45, 2.75) is 12.1 Å². The van der Waals surface area contributed by atoms with Crippen molar-refractivity contribution < 1.29 is 17.6 Å². The first kappa shape index (κ1) is 14.4. The minimum Gasteiger partial charge on any atom is -0.364 e. The van der Waals surface area contributed by atoms with Gasteiger partial charge in [0.05, 0.1) is 11.5 Å². The Hall–Kier alpha value is -2.50. The van der Waals surface area contributed by atoms with Crippen molar-refractivity contribution in [3.63, 3.8) is 0 Å². The van der Waals surface area contributed by atoms with E-state index >= 15 is 0 Å². The van der Waals surface area contributed by atoms with Gasteiger partial charge in [-0.1, -0.05) is 6.07 Å². The number of aromatic amines is 2. The van der Waals surface area contributed by atoms with Crippen LogP contribution in [0.3, 0.4) is 0 Å². The maximum absolute atomic E-state index is 14.3. The number of benzene rings is 1. The molecule has 3 rings (SSSR count). The fraction of sp³-hybridized carbons (Fsp3) is 0.125. The standard InChI is InChI=1S/C16H12F4N2/c17-11-5-1-4-10(16(18,19)20)14(11)15(12-6-2-8-21-12)13-7-3-9-22-13/h1-9,15,21-22H. The molecule has 3 aromatic rings. The normalized spacial score (nSPS) is 12.0. The fourth-order valence-corrected chi connectivity index (χ4v) is 2.60. The zero-order chi connectivity index (χ0) is 15.7. The second kappa shape index (κ2) is 5.36. The maximum Gasteiger partial charge on any atom is 0.416 e. The second-order valence-electron chi connectivity index (χ2n) is 4.88. The van der Waals surface area contributed by atoms with Gasteiger partial charge in [-0.25, -0.2) is 4.39 Å². The highest BCUT2D eigenvalue weighted by Gasteiger charge is 2.38. The average molecular weight is 308 g/mol. The lowest BCUT2D eigenvalue weighted by Crippen LogP contribution is -2.16. The molecule has 2 heterocycles. The predicted octanol–water partition coefficient (Wildman–Crippen LogP) is 4.68. The van der Waals surface area contributed by atoms with Gasteiger partial charge in [-0.15, -0.1) is 0 Å². The van der Waals surface area contributed by atoms with E-state index in [0.717, 1.165) is 18.2 Å². The van der Waals surface area contributed by atoms with Crippen molar-refractivity contribution in [2.24, 2.45) is 0 Å². The van der Waals surface area contributed by atoms with Gasteiger partial charge in [-0.3, -0.25) is 0 Å². The molecule has 0 fully saturated rings. The Balaban J connectivity index is 2.26. The third-order valence-corrected chi connectivity index (χ3v) is 3.51. The molecule has 0 aliphatic carbocycles. The molecule has 0 saturated heterocycles. The molecule has 0 aliphatic heterocycles. The SMILES string of the molecule is Fc1cccc(C(F)(F)F)c1C(c1ccc[nH]1)c1ccc[nH]1. The summed E-state index contributed by atoms with van der Waals surface area (Å²) in [6.07, 6.45) is -1.44. The molecular formula is C16H12F4N2. The van der Waals surface area contributed by atoms with E-state index in [1.807, 2.05) is 0 Å². The Morgan fingerprint density at radius 3 is 1.86 bits per heavy atom. The van der Waals surface area contributed by atoms with Crippen molar-refractivity contribution in [1.82, 2.24) is 9.97 Å². The smallest absolute Gasteiger partial charge is 0.364 e. The van der Waals surface area contributed by atoms with Crippen LogP contribution >= 0.6 is 0 Å². The first-order valence-corrected chi connectivity index (χ1v) is 6.60. The number of halogens is 4. The predicted molar refractivity (Wildman–Crippen MR) is 73.9 cm³/mol. The molecule has 6 heteroatoms. The van der Waals surface area contributed by atoms with Crippen LogP contribution in [0, 0.1) is 5.82 Å². The summed E-state index contributed by atoms with van der Waals surface area (Å²) in [7, 11) is 0. The second-order valence-corrected chi connectivity index (χ2v) is 4.88. The van der Waals surface area contributed by atoms with E-state index in [-0.39, 0.29) is 5.56 Å². The molecule has 0 radical (unpaired) electrons. The molecule has 0 aliphatic rings. The zero-order valence-corrected chi connectivity index (χ0v) is 11.3. The number of H-pyrrole nitrogens is 2. The van der Waals surface area contributed by atoms with E-state index in [1.165, 1.54) is 0 Å². The summed E-state index contributed by atoms with van der Waals surface area (Å²) < 4.78 is 54.1. The van der Waals surface area contributed by atoms with Crippen LogP contribution in [0.2, 0.25) is 0 Å². The van der Waals surface area contributed by atoms with E-state index in [0.29, 0.717) is 11.4 Å². The van der Waals surface area contributed by atoms with Gasteiger partial charge >= 0.3 is 6.18 Å². The van der Waals surface area contributed by atoms with Gasteiger partial charge in [0.25, 0.3) is 0 Å². The molecule has 0 atom stereocenters. The van der Waals surface area contributed by atoms with Gasteiger partial charge in [0.1, 0.15) is 5.82 Å². The lowest BCUT2D eigenvalue weighted by molar-refractivity contribution is -0.138. The summed E-state index contributed by atoms with van der Waals surface area (Å²) in [5, 5.41) is 0. The van der Waals surface area contributed by atoms with Gasteiger partial charge < -0.3 is 9.97 Å². The molecule has 114 valence electrons. The topological polar surface area (TPSA) is 31.6 Å². The molecule has 0 amide bonds. The van der Waals surface area contributed by atoms with Crippen molar-refractivity contribution in [3.8, 4) is 0 Å². The molecule has 2 nitrogen and oxygen atoms in total. The quantitative estimate of drug-likeness (QED) is 0.658. The first-order chi connectivity index (χ1) is 10.5. The minimum atomic E-state index is -4.63. The molecular weight excluding hydrogens is 296 g/mol. The Morgan fingerprint density at radius 2 is 1.41 bits per heavy atom. The van der Waals surface area contributed by atoms with Crippen LogP contribution in [0.15, 0.2) is 54.9 Å². The molecule has 0 bridgehead atoms. The number of hydrogen-bond donors (Lipinski definition) is 2. The maximum atomic E-state index is 14.3. The van der Waals surface area contributed by atoms with Gasteiger partial charge in [-0.05, 0) is 36.4 Å². The van der Waals surface area contributed by atoms with E-state index < -0.39 is 23.5 Å². The van der Waals surface area contributed by atoms with E-state index in [2.05, 4.69) is 9.97 Å². The summed E-state index contributed by atoms with van der Waals surface area (Å²) in [4.78, 5) is 5.75. The number of nitrogens with one attached hydrogen (secondary N) is 2. The summed E-state index contributed by atoms with van der Waals surface area (Å²) in [6.45, 7) is 0. The molecule has 2 N–H and O–H groups in total. The third-order valence-electron chi connectivity index (χ3n) is 3.51. The molecule has 0 saturated carbocycles. The van der Waals surface area contributed by atoms with Gasteiger partial charge in [-0.2, -0.15) is 13.2 Å². The Labute approximate surface area is 123 Å². The van der Waals surface area contributed by atoms with Crippen LogP contribution in [-0.4, -0.2) is 9.97 Å². The summed E-state index contributed by atoms with van der Waals surface area (Å²) in [5.74, 6) is -1.77. The number of hydrogen-bond acceptors (Lipinski definition) is 0. The van der Waals surface area contributed by atoms with Crippen LogP contribution in [0.1, 0.15) is 28.4 Å². The van der Waals surface area contributed by atoms with Crippen LogP contribution < -0.4 is 0 Å². The Morgan fingerprint density at radius 1 is 0.818 bits per heavy atom. The van der Waals surface area contributed by atoms with Gasteiger partial charge in [0.15, 0.2) is 0 Å². The number of aromatic nitrogens is 2. The summed E-state index contributed by atoms with van der Waals surface area (Å²) in [5.41, 5.74) is -0.391. The largest absolute Gasteiger partial charge is 0.416 e. The number of rotatable bonds is 3. The third kappa shape index (κ3) is 2.52. The number of alkyl halides is 3. The summed E-state index contributed by atoms with van der Waals surface area (Å²) >= 11 is 0. The van der Waals surface area contributed by atoms with Crippen molar-refractivity contribution in [3.05, 3.63) is 83.2 Å². The van der Waals surface area contributed by atoms with Crippen LogP contribution in [0.25, 0.3) is 0 Å². The van der Waals surface area contributed by atoms with Crippen molar-refractivity contribution in [2.75, 3.05) is 0 Å². The molecule has 1 aromatic carbocycles. The molecule has 22 heavy (non-hydrogen) atoms. The van der Waals surface area contributed by atoms with Crippen molar-refractivity contribution >= 4 is 0 Å². The van der Waals surface area contributed by atoms with Crippen LogP contribution in [-0.2, 0) is 6.18 Å². The summed E-state index contributed by atoms with van der Waals surface area (Å²) in [6, 6.07) is 9.62. The van der Waals surface area contributed by atoms with Gasteiger partial charge in [0, 0.05) is 29.3 Å². The Bertz CT molecular complexity index is 709. The highest BCUT2D eigenvalue weighted by atomic mass is 19.4. The van der Waals surface area contributed by atoms with E-state index in [1.54, 1.807) is 36.7 Å².